The van der Waals surface area contributed by atoms with Crippen molar-refractivity contribution in [2.75, 3.05) is 10.5 Å². The molecule has 8 heteroatoms. The van der Waals surface area contributed by atoms with Gasteiger partial charge in [-0.25, -0.2) is 8.42 Å². The van der Waals surface area contributed by atoms with E-state index in [4.69, 9.17) is 34.2 Å². The maximum absolute atomic E-state index is 12.3. The van der Waals surface area contributed by atoms with Crippen LogP contribution in [0.25, 0.3) is 0 Å². The van der Waals surface area contributed by atoms with E-state index >= 15 is 0 Å². The van der Waals surface area contributed by atoms with Crippen LogP contribution >= 0.6 is 23.2 Å². The number of anilines is 2. The van der Waals surface area contributed by atoms with Crippen molar-refractivity contribution in [3.05, 3.63) is 52.0 Å². The highest BCUT2D eigenvalue weighted by atomic mass is 35.5. The van der Waals surface area contributed by atoms with Crippen molar-refractivity contribution in [2.24, 2.45) is 0 Å². The number of rotatable bonds is 3. The minimum Gasteiger partial charge on any atom is -0.399 e. The van der Waals surface area contributed by atoms with Crippen molar-refractivity contribution in [1.29, 1.82) is 5.26 Å². The van der Waals surface area contributed by atoms with Gasteiger partial charge in [0.1, 0.15) is 6.07 Å². The summed E-state index contributed by atoms with van der Waals surface area (Å²) in [7, 11) is -3.88. The number of benzene rings is 2. The van der Waals surface area contributed by atoms with Crippen LogP contribution in [0.15, 0.2) is 41.3 Å². The number of hydrogen-bond donors (Lipinski definition) is 2. The average Bonchev–Trinajstić information content (AvgIpc) is 2.42. The summed E-state index contributed by atoms with van der Waals surface area (Å²) in [5.74, 6) is 0. The zero-order valence-corrected chi connectivity index (χ0v) is 12.8. The van der Waals surface area contributed by atoms with E-state index in [9.17, 15) is 8.42 Å². The first-order valence-electron chi connectivity index (χ1n) is 5.61. The molecule has 0 atom stereocenters. The number of nitriles is 1. The zero-order chi connectivity index (χ0) is 15.6. The van der Waals surface area contributed by atoms with Gasteiger partial charge in [0.2, 0.25) is 0 Å². The molecule has 0 bridgehead atoms. The molecule has 0 unspecified atom stereocenters. The van der Waals surface area contributed by atoms with Crippen LogP contribution < -0.4 is 10.5 Å². The number of nitrogens with zero attached hydrogens (tertiary/aromatic N) is 1. The Bertz CT molecular complexity index is 845. The third-order valence-electron chi connectivity index (χ3n) is 2.61. The second kappa shape index (κ2) is 5.82. The molecule has 0 aliphatic rings. The second-order valence-electron chi connectivity index (χ2n) is 4.10. The molecule has 2 rings (SSSR count). The maximum atomic E-state index is 12.3. The Balaban J connectivity index is 2.41. The average molecular weight is 342 g/mol. The van der Waals surface area contributed by atoms with Gasteiger partial charge in [0, 0.05) is 5.69 Å². The molecule has 0 fully saturated rings. The SMILES string of the molecule is N#Cc1ccc(S(=O)(=O)Nc2cc(N)ccc2Cl)cc1Cl. The summed E-state index contributed by atoms with van der Waals surface area (Å²) in [6.07, 6.45) is 0. The first-order chi connectivity index (χ1) is 9.83. The summed E-state index contributed by atoms with van der Waals surface area (Å²) in [6, 6.07) is 10.1. The monoisotopic (exact) mass is 341 g/mol. The van der Waals surface area contributed by atoms with Gasteiger partial charge in [-0.1, -0.05) is 23.2 Å². The Morgan fingerprint density at radius 3 is 2.43 bits per heavy atom. The predicted molar refractivity (Wildman–Crippen MR) is 82.8 cm³/mol. The lowest BCUT2D eigenvalue weighted by molar-refractivity contribution is 0.601. The van der Waals surface area contributed by atoms with E-state index in [1.165, 1.54) is 30.3 Å². The molecule has 0 aromatic heterocycles. The van der Waals surface area contributed by atoms with Crippen LogP contribution in [0, 0.1) is 11.3 Å². The Kier molecular flexibility index (Phi) is 4.28. The molecule has 108 valence electrons. The molecular formula is C13H9Cl2N3O2S. The summed E-state index contributed by atoms with van der Waals surface area (Å²) in [5.41, 5.74) is 6.32. The summed E-state index contributed by atoms with van der Waals surface area (Å²) in [5, 5.41) is 9.05. The number of nitrogen functional groups attached to an aromatic ring is 1. The fraction of sp³-hybridized carbons (Fsp3) is 0. The Hall–Kier alpha value is -1.94. The lowest BCUT2D eigenvalue weighted by Crippen LogP contribution is -2.13. The lowest BCUT2D eigenvalue weighted by Gasteiger charge is -2.10. The van der Waals surface area contributed by atoms with Crippen LogP contribution in [0.5, 0.6) is 0 Å². The molecular weight excluding hydrogens is 333 g/mol. The minimum absolute atomic E-state index is 0.0547. The zero-order valence-electron chi connectivity index (χ0n) is 10.5. The van der Waals surface area contributed by atoms with Crippen LogP contribution in [0.3, 0.4) is 0 Å². The highest BCUT2D eigenvalue weighted by molar-refractivity contribution is 7.92. The third-order valence-corrected chi connectivity index (χ3v) is 4.61. The van der Waals surface area contributed by atoms with Crippen LogP contribution in [0.4, 0.5) is 11.4 Å². The Morgan fingerprint density at radius 1 is 1.10 bits per heavy atom. The largest absolute Gasteiger partial charge is 0.399 e. The normalized spacial score (nSPS) is 10.9. The fourth-order valence-electron chi connectivity index (χ4n) is 1.58. The van der Waals surface area contributed by atoms with Crippen molar-refractivity contribution in [3.8, 4) is 6.07 Å². The van der Waals surface area contributed by atoms with Gasteiger partial charge in [-0.05, 0) is 36.4 Å². The lowest BCUT2D eigenvalue weighted by atomic mass is 10.2. The van der Waals surface area contributed by atoms with E-state index in [0.717, 1.165) is 0 Å². The van der Waals surface area contributed by atoms with E-state index in [2.05, 4.69) is 4.72 Å². The molecule has 2 aromatic rings. The molecule has 0 saturated heterocycles. The van der Waals surface area contributed by atoms with Gasteiger partial charge in [0.15, 0.2) is 0 Å². The summed E-state index contributed by atoms with van der Waals surface area (Å²) in [4.78, 5) is -0.0787. The predicted octanol–water partition coefficient (Wildman–Crippen LogP) is 3.25. The maximum Gasteiger partial charge on any atom is 0.261 e. The molecule has 0 aliphatic heterocycles. The van der Waals surface area contributed by atoms with E-state index in [1.807, 2.05) is 6.07 Å². The summed E-state index contributed by atoms with van der Waals surface area (Å²) in [6.45, 7) is 0. The van der Waals surface area contributed by atoms with Gasteiger partial charge < -0.3 is 5.73 Å². The van der Waals surface area contributed by atoms with Gasteiger partial charge in [-0.15, -0.1) is 0 Å². The third kappa shape index (κ3) is 3.39. The first-order valence-corrected chi connectivity index (χ1v) is 7.85. The molecule has 0 spiro atoms. The molecule has 2 aromatic carbocycles. The number of nitrogens with two attached hydrogens (primary N) is 1. The number of hydrogen-bond acceptors (Lipinski definition) is 4. The van der Waals surface area contributed by atoms with Gasteiger partial charge in [0.05, 0.1) is 26.2 Å². The van der Waals surface area contributed by atoms with E-state index in [0.29, 0.717) is 5.69 Å². The van der Waals surface area contributed by atoms with E-state index in [-0.39, 0.29) is 26.2 Å². The van der Waals surface area contributed by atoms with Gasteiger partial charge in [-0.3, -0.25) is 4.72 Å². The van der Waals surface area contributed by atoms with Crippen molar-refractivity contribution in [3.63, 3.8) is 0 Å². The molecule has 0 radical (unpaired) electrons. The molecule has 0 amide bonds. The Morgan fingerprint density at radius 2 is 1.81 bits per heavy atom. The summed E-state index contributed by atoms with van der Waals surface area (Å²) < 4.78 is 26.9. The molecule has 0 heterocycles. The van der Waals surface area contributed by atoms with Crippen molar-refractivity contribution in [2.45, 2.75) is 4.90 Å². The van der Waals surface area contributed by atoms with Crippen molar-refractivity contribution < 1.29 is 8.42 Å². The van der Waals surface area contributed by atoms with Gasteiger partial charge in [0.25, 0.3) is 10.0 Å². The summed E-state index contributed by atoms with van der Waals surface area (Å²) >= 11 is 11.8. The number of sulfonamides is 1. The first kappa shape index (κ1) is 15.4. The highest BCUT2D eigenvalue weighted by Gasteiger charge is 2.17. The minimum atomic E-state index is -3.88. The molecule has 3 N–H and O–H groups in total. The van der Waals surface area contributed by atoms with Gasteiger partial charge >= 0.3 is 0 Å². The smallest absolute Gasteiger partial charge is 0.261 e. The Labute approximate surface area is 132 Å². The molecule has 0 saturated carbocycles. The second-order valence-corrected chi connectivity index (χ2v) is 6.60. The quantitative estimate of drug-likeness (QED) is 0.837. The van der Waals surface area contributed by atoms with Crippen LogP contribution in [0.1, 0.15) is 5.56 Å². The van der Waals surface area contributed by atoms with Crippen LogP contribution in [-0.4, -0.2) is 8.42 Å². The van der Waals surface area contributed by atoms with E-state index < -0.39 is 10.0 Å². The topological polar surface area (TPSA) is 96.0 Å². The van der Waals surface area contributed by atoms with Crippen LogP contribution in [0.2, 0.25) is 10.0 Å². The van der Waals surface area contributed by atoms with Crippen LogP contribution in [-0.2, 0) is 10.0 Å². The van der Waals surface area contributed by atoms with Gasteiger partial charge in [-0.2, -0.15) is 5.26 Å². The van der Waals surface area contributed by atoms with Crippen molar-refractivity contribution >= 4 is 44.6 Å². The standard InChI is InChI=1S/C13H9Cl2N3O2S/c14-11-4-2-9(17)5-13(11)18-21(19,20)10-3-1-8(7-16)12(15)6-10/h1-6,18H,17H2. The number of halogens is 2. The highest BCUT2D eigenvalue weighted by Crippen LogP contribution is 2.28. The molecule has 5 nitrogen and oxygen atoms in total. The van der Waals surface area contributed by atoms with Crippen molar-refractivity contribution in [1.82, 2.24) is 0 Å². The van der Waals surface area contributed by atoms with E-state index in [1.54, 1.807) is 6.07 Å². The number of nitrogens with one attached hydrogen (secondary N) is 1. The molecule has 21 heavy (non-hydrogen) atoms. The fourth-order valence-corrected chi connectivity index (χ4v) is 3.18. The molecule has 0 aliphatic carbocycles.